The molecule has 3 aromatic rings. The van der Waals surface area contributed by atoms with Gasteiger partial charge < -0.3 is 19.9 Å². The smallest absolute Gasteiger partial charge is 0.306 e. The molecule has 0 amide bonds. The number of methoxy groups -OCH3 is 2. The molecule has 1 aliphatic carbocycles. The van der Waals surface area contributed by atoms with Crippen molar-refractivity contribution < 1.29 is 19.0 Å². The van der Waals surface area contributed by atoms with Crippen LogP contribution in [0.5, 0.6) is 11.5 Å². The van der Waals surface area contributed by atoms with E-state index in [0.717, 1.165) is 28.6 Å². The van der Waals surface area contributed by atoms with Crippen molar-refractivity contribution in [1.29, 1.82) is 0 Å². The molecule has 0 unspecified atom stereocenters. The van der Waals surface area contributed by atoms with Crippen molar-refractivity contribution >= 4 is 33.3 Å². The van der Waals surface area contributed by atoms with Crippen molar-refractivity contribution in [2.75, 3.05) is 20.0 Å². The molecule has 0 aliphatic heterocycles. The van der Waals surface area contributed by atoms with Gasteiger partial charge in [0.2, 0.25) is 0 Å². The van der Waals surface area contributed by atoms with Crippen molar-refractivity contribution in [1.82, 2.24) is 9.97 Å². The summed E-state index contributed by atoms with van der Waals surface area (Å²) in [6.07, 6.45) is 6.54. The van der Waals surface area contributed by atoms with Gasteiger partial charge in [-0.15, -0.1) is 11.3 Å². The van der Waals surface area contributed by atoms with Gasteiger partial charge in [0, 0.05) is 11.3 Å². The Hall–Kier alpha value is -2.87. The molecule has 0 atom stereocenters. The van der Waals surface area contributed by atoms with E-state index in [4.69, 9.17) is 19.9 Å². The van der Waals surface area contributed by atoms with Crippen molar-refractivity contribution in [3.05, 3.63) is 40.0 Å². The molecule has 1 aromatic carbocycles. The molecule has 8 heteroatoms. The number of nitrogens with zero attached hydrogens (tertiary/aromatic N) is 2. The molecule has 0 radical (unpaired) electrons. The fraction of sp³-hybridized carbons (Fsp3) is 0.435. The third kappa shape index (κ3) is 4.74. The summed E-state index contributed by atoms with van der Waals surface area (Å²) in [5.41, 5.74) is 8.54. The molecule has 164 valence electrons. The average molecular weight is 442 g/mol. The number of fused-ring (bicyclic) bond motifs is 3. The summed E-state index contributed by atoms with van der Waals surface area (Å²) in [7, 11) is 3.18. The highest BCUT2D eigenvalue weighted by atomic mass is 32.1. The number of carbonyl (C=O) groups is 1. The van der Waals surface area contributed by atoms with Gasteiger partial charge in [-0.05, 0) is 55.4 Å². The summed E-state index contributed by atoms with van der Waals surface area (Å²) >= 11 is 1.70. The van der Waals surface area contributed by atoms with Gasteiger partial charge in [-0.25, -0.2) is 9.97 Å². The SMILES string of the molecule is COc1ccc(CCC(=O)OCc2nc(N)c3c4c(sc3n2)CCCCC4)cc1OC. The highest BCUT2D eigenvalue weighted by molar-refractivity contribution is 7.19. The first kappa shape index (κ1) is 21.4. The molecule has 1 aliphatic rings. The second kappa shape index (κ2) is 9.51. The van der Waals surface area contributed by atoms with Crippen LogP contribution in [0.1, 0.15) is 47.5 Å². The first-order chi connectivity index (χ1) is 15.1. The third-order valence-corrected chi connectivity index (χ3v) is 6.75. The second-order valence-electron chi connectivity index (χ2n) is 7.62. The first-order valence-corrected chi connectivity index (χ1v) is 11.3. The Bertz CT molecular complexity index is 1100. The average Bonchev–Trinajstić information content (AvgIpc) is 2.97. The van der Waals surface area contributed by atoms with Crippen LogP contribution in [0.15, 0.2) is 18.2 Å². The molecule has 2 aromatic heterocycles. The number of rotatable bonds is 7. The Morgan fingerprint density at radius 1 is 1.10 bits per heavy atom. The van der Waals surface area contributed by atoms with E-state index < -0.39 is 0 Å². The summed E-state index contributed by atoms with van der Waals surface area (Å²) in [5, 5.41) is 0.991. The van der Waals surface area contributed by atoms with Crippen molar-refractivity contribution in [2.24, 2.45) is 0 Å². The molecule has 0 fully saturated rings. The van der Waals surface area contributed by atoms with Gasteiger partial charge in [0.25, 0.3) is 0 Å². The van der Waals surface area contributed by atoms with E-state index in [9.17, 15) is 4.79 Å². The summed E-state index contributed by atoms with van der Waals surface area (Å²) in [6.45, 7) is 0.0213. The predicted molar refractivity (Wildman–Crippen MR) is 121 cm³/mol. The maximum Gasteiger partial charge on any atom is 0.306 e. The molecule has 2 heterocycles. The van der Waals surface area contributed by atoms with E-state index >= 15 is 0 Å². The molecule has 0 saturated carbocycles. The number of benzene rings is 1. The number of esters is 1. The summed E-state index contributed by atoms with van der Waals surface area (Å²) in [5.74, 6) is 1.92. The minimum absolute atomic E-state index is 0.0213. The van der Waals surface area contributed by atoms with E-state index in [1.807, 2.05) is 18.2 Å². The lowest BCUT2D eigenvalue weighted by Gasteiger charge is -2.09. The number of nitrogen functional groups attached to an aromatic ring is 1. The van der Waals surface area contributed by atoms with Gasteiger partial charge in [0.1, 0.15) is 10.6 Å². The van der Waals surface area contributed by atoms with Gasteiger partial charge in [0.05, 0.1) is 19.6 Å². The molecule has 7 nitrogen and oxygen atoms in total. The Morgan fingerprint density at radius 2 is 1.90 bits per heavy atom. The lowest BCUT2D eigenvalue weighted by atomic mass is 10.1. The molecule has 0 bridgehead atoms. The second-order valence-corrected chi connectivity index (χ2v) is 8.70. The van der Waals surface area contributed by atoms with Crippen LogP contribution in [0.4, 0.5) is 5.82 Å². The van der Waals surface area contributed by atoms with E-state index in [-0.39, 0.29) is 19.0 Å². The number of carbonyl (C=O) groups excluding carboxylic acids is 1. The fourth-order valence-corrected chi connectivity index (χ4v) is 5.26. The zero-order valence-electron chi connectivity index (χ0n) is 17.9. The number of nitrogens with two attached hydrogens (primary N) is 1. The largest absolute Gasteiger partial charge is 0.493 e. The Balaban J connectivity index is 1.38. The minimum Gasteiger partial charge on any atom is -0.493 e. The van der Waals surface area contributed by atoms with E-state index in [1.165, 1.54) is 29.7 Å². The third-order valence-electron chi connectivity index (χ3n) is 5.57. The Labute approximate surface area is 185 Å². The maximum atomic E-state index is 12.3. The lowest BCUT2D eigenvalue weighted by Crippen LogP contribution is -2.09. The standard InChI is InChI=1S/C23H27N3O4S/c1-28-16-10-8-14(12-17(16)29-2)9-11-20(27)30-13-19-25-22(24)21-15-6-4-3-5-7-18(15)31-23(21)26-19/h8,10,12H,3-7,9,11,13H2,1-2H3,(H2,24,25,26). The molecular formula is C23H27N3O4S. The minimum atomic E-state index is -0.306. The number of thiophene rings is 1. The number of hydrogen-bond acceptors (Lipinski definition) is 8. The normalized spacial score (nSPS) is 13.5. The van der Waals surface area contributed by atoms with Gasteiger partial charge in [0.15, 0.2) is 23.9 Å². The number of anilines is 1. The van der Waals surface area contributed by atoms with Crippen LogP contribution in [-0.2, 0) is 35.4 Å². The van der Waals surface area contributed by atoms with Crippen LogP contribution < -0.4 is 15.2 Å². The van der Waals surface area contributed by atoms with Crippen LogP contribution in [0.25, 0.3) is 10.2 Å². The molecule has 2 N–H and O–H groups in total. The summed E-state index contributed by atoms with van der Waals surface area (Å²) in [4.78, 5) is 23.6. The van der Waals surface area contributed by atoms with Crippen LogP contribution in [0, 0.1) is 0 Å². The number of aromatic nitrogens is 2. The Kier molecular flexibility index (Phi) is 6.56. The number of hydrogen-bond donors (Lipinski definition) is 1. The zero-order valence-corrected chi connectivity index (χ0v) is 18.7. The van der Waals surface area contributed by atoms with Gasteiger partial charge in [-0.2, -0.15) is 0 Å². The predicted octanol–water partition coefficient (Wildman–Crippen LogP) is 4.24. The van der Waals surface area contributed by atoms with Crippen molar-refractivity contribution in [2.45, 2.75) is 51.6 Å². The van der Waals surface area contributed by atoms with Gasteiger partial charge in [-0.1, -0.05) is 12.5 Å². The summed E-state index contributed by atoms with van der Waals surface area (Å²) < 4.78 is 15.9. The topological polar surface area (TPSA) is 96.6 Å². The monoisotopic (exact) mass is 441 g/mol. The molecule has 4 rings (SSSR count). The lowest BCUT2D eigenvalue weighted by molar-refractivity contribution is -0.145. The highest BCUT2D eigenvalue weighted by Gasteiger charge is 2.19. The zero-order chi connectivity index (χ0) is 21.8. The fourth-order valence-electron chi connectivity index (χ4n) is 3.97. The maximum absolute atomic E-state index is 12.3. The molecular weight excluding hydrogens is 414 g/mol. The summed E-state index contributed by atoms with van der Waals surface area (Å²) in [6, 6.07) is 5.60. The van der Waals surface area contributed by atoms with Gasteiger partial charge >= 0.3 is 5.97 Å². The van der Waals surface area contributed by atoms with Gasteiger partial charge in [-0.3, -0.25) is 4.79 Å². The van der Waals surface area contributed by atoms with E-state index in [2.05, 4.69) is 9.97 Å². The first-order valence-electron chi connectivity index (χ1n) is 10.5. The van der Waals surface area contributed by atoms with Crippen LogP contribution in [-0.4, -0.2) is 30.2 Å². The highest BCUT2D eigenvalue weighted by Crippen LogP contribution is 2.37. The quantitative estimate of drug-likeness (QED) is 0.433. The van der Waals surface area contributed by atoms with Crippen LogP contribution in [0.3, 0.4) is 0 Å². The number of ether oxygens (including phenoxy) is 3. The van der Waals surface area contributed by atoms with Crippen LogP contribution >= 0.6 is 11.3 Å². The van der Waals surface area contributed by atoms with E-state index in [0.29, 0.717) is 29.6 Å². The van der Waals surface area contributed by atoms with Crippen molar-refractivity contribution in [3.8, 4) is 11.5 Å². The van der Waals surface area contributed by atoms with Crippen LogP contribution in [0.2, 0.25) is 0 Å². The van der Waals surface area contributed by atoms with Crippen molar-refractivity contribution in [3.63, 3.8) is 0 Å². The molecule has 0 saturated heterocycles. The molecule has 31 heavy (non-hydrogen) atoms. The number of aryl methyl sites for hydroxylation is 3. The Morgan fingerprint density at radius 3 is 2.71 bits per heavy atom. The molecule has 0 spiro atoms. The van der Waals surface area contributed by atoms with E-state index in [1.54, 1.807) is 25.6 Å².